The van der Waals surface area contributed by atoms with Crippen molar-refractivity contribution in [3.8, 4) is 0 Å². The van der Waals surface area contributed by atoms with Gasteiger partial charge in [-0.05, 0) is 47.9 Å². The van der Waals surface area contributed by atoms with Gasteiger partial charge in [0.2, 0.25) is 0 Å². The maximum Gasteiger partial charge on any atom is 0.252 e. The molecule has 1 unspecified atom stereocenters. The predicted molar refractivity (Wildman–Crippen MR) is 116 cm³/mol. The smallest absolute Gasteiger partial charge is 0.252 e. The molecule has 0 fully saturated rings. The molecule has 30 heavy (non-hydrogen) atoms. The molecule has 0 radical (unpaired) electrons. The molecule has 4 aromatic rings. The van der Waals surface area contributed by atoms with Crippen LogP contribution in [-0.4, -0.2) is 30.5 Å². The zero-order chi connectivity index (χ0) is 21.3. The third-order valence-electron chi connectivity index (χ3n) is 5.04. The number of rotatable bonds is 5. The number of sulfone groups is 1. The summed E-state index contributed by atoms with van der Waals surface area (Å²) in [5.41, 5.74) is 4.43. The van der Waals surface area contributed by atoms with Crippen LogP contribution in [0.15, 0.2) is 78.0 Å². The summed E-state index contributed by atoms with van der Waals surface area (Å²) in [4.78, 5) is 20.6. The maximum atomic E-state index is 13.1. The van der Waals surface area contributed by atoms with Crippen LogP contribution >= 0.6 is 0 Å². The molecule has 3 aromatic carbocycles. The number of nitrogens with one attached hydrogen (secondary N) is 2. The molecule has 0 saturated heterocycles. The van der Waals surface area contributed by atoms with Crippen LogP contribution in [0.4, 0.5) is 0 Å². The number of hydrogen-bond acceptors (Lipinski definition) is 4. The van der Waals surface area contributed by atoms with Crippen LogP contribution in [0.2, 0.25) is 0 Å². The molecule has 0 saturated carbocycles. The van der Waals surface area contributed by atoms with E-state index in [4.69, 9.17) is 0 Å². The Balaban J connectivity index is 1.73. The molecule has 2 N–H and O–H groups in total. The van der Waals surface area contributed by atoms with Crippen molar-refractivity contribution in [1.29, 1.82) is 0 Å². The highest BCUT2D eigenvalue weighted by Crippen LogP contribution is 2.25. The number of aromatic amines is 1. The van der Waals surface area contributed by atoms with Gasteiger partial charge in [-0.25, -0.2) is 13.4 Å². The van der Waals surface area contributed by atoms with Gasteiger partial charge >= 0.3 is 0 Å². The topological polar surface area (TPSA) is 91.9 Å². The van der Waals surface area contributed by atoms with E-state index in [-0.39, 0.29) is 10.8 Å². The Morgan fingerprint density at radius 2 is 1.77 bits per heavy atom. The zero-order valence-electron chi connectivity index (χ0n) is 16.6. The van der Waals surface area contributed by atoms with E-state index in [1.165, 1.54) is 6.07 Å². The van der Waals surface area contributed by atoms with E-state index in [1.807, 2.05) is 48.5 Å². The summed E-state index contributed by atoms with van der Waals surface area (Å²) in [6.07, 6.45) is 2.77. The normalized spacial score (nSPS) is 12.6. The summed E-state index contributed by atoms with van der Waals surface area (Å²) in [7, 11) is -3.43. The monoisotopic (exact) mass is 419 g/mol. The van der Waals surface area contributed by atoms with E-state index >= 15 is 0 Å². The van der Waals surface area contributed by atoms with Gasteiger partial charge in [-0.15, -0.1) is 0 Å². The molecular weight excluding hydrogens is 398 g/mol. The average molecular weight is 420 g/mol. The largest absolute Gasteiger partial charge is 0.345 e. The van der Waals surface area contributed by atoms with Gasteiger partial charge in [0.15, 0.2) is 9.84 Å². The van der Waals surface area contributed by atoms with Gasteiger partial charge in [-0.3, -0.25) is 4.79 Å². The molecular formula is C23H21N3O3S. The first-order chi connectivity index (χ1) is 14.3. The number of aryl methyl sites for hydroxylation is 1. The van der Waals surface area contributed by atoms with Crippen LogP contribution in [0.25, 0.3) is 11.0 Å². The summed E-state index contributed by atoms with van der Waals surface area (Å²) in [5, 5.41) is 3.05. The molecule has 1 amide bonds. The molecule has 7 heteroatoms. The predicted octanol–water partition coefficient (Wildman–Crippen LogP) is 3.79. The van der Waals surface area contributed by atoms with Crippen LogP contribution in [0.3, 0.4) is 0 Å². The molecule has 0 aliphatic carbocycles. The van der Waals surface area contributed by atoms with Gasteiger partial charge in [0.1, 0.15) is 0 Å². The lowest BCUT2D eigenvalue weighted by molar-refractivity contribution is 0.0942. The van der Waals surface area contributed by atoms with Crippen LogP contribution in [0, 0.1) is 6.92 Å². The highest BCUT2D eigenvalue weighted by atomic mass is 32.2. The highest BCUT2D eigenvalue weighted by molar-refractivity contribution is 7.90. The van der Waals surface area contributed by atoms with E-state index in [1.54, 1.807) is 25.4 Å². The van der Waals surface area contributed by atoms with E-state index in [9.17, 15) is 13.2 Å². The van der Waals surface area contributed by atoms with Crippen molar-refractivity contribution >= 4 is 26.8 Å². The third-order valence-corrected chi connectivity index (χ3v) is 6.27. The SMILES string of the molecule is Cc1ccc(C(=O)NC(c2ccccc2)c2ccc3nc[nH]c3c2)cc1S(C)(=O)=O. The van der Waals surface area contributed by atoms with Gasteiger partial charge in [-0.1, -0.05) is 42.5 Å². The molecule has 152 valence electrons. The second-order valence-corrected chi connectivity index (χ2v) is 9.23. The lowest BCUT2D eigenvalue weighted by Crippen LogP contribution is -2.29. The first-order valence-electron chi connectivity index (χ1n) is 9.42. The Hall–Kier alpha value is -3.45. The van der Waals surface area contributed by atoms with Crippen LogP contribution in [0.5, 0.6) is 0 Å². The fraction of sp³-hybridized carbons (Fsp3) is 0.130. The minimum absolute atomic E-state index is 0.158. The Labute approximate surface area is 174 Å². The molecule has 4 rings (SSSR count). The molecule has 1 atom stereocenters. The number of imidazole rings is 1. The molecule has 1 aromatic heterocycles. The molecule has 6 nitrogen and oxygen atoms in total. The summed E-state index contributed by atoms with van der Waals surface area (Å²) >= 11 is 0. The van der Waals surface area contributed by atoms with E-state index < -0.39 is 15.9 Å². The van der Waals surface area contributed by atoms with E-state index in [0.29, 0.717) is 11.1 Å². The van der Waals surface area contributed by atoms with Gasteiger partial charge in [-0.2, -0.15) is 0 Å². The number of carbonyl (C=O) groups excluding carboxylic acids is 1. The van der Waals surface area contributed by atoms with Gasteiger partial charge in [0.25, 0.3) is 5.91 Å². The van der Waals surface area contributed by atoms with Crippen molar-refractivity contribution in [3.05, 3.63) is 95.3 Å². The standard InChI is InChI=1S/C23H21N3O3S/c1-15-8-9-18(13-21(15)30(2,28)29)23(27)26-22(16-6-4-3-5-7-16)17-10-11-19-20(12-17)25-14-24-19/h3-14,22H,1-2H3,(H,24,25)(H,26,27). The summed E-state index contributed by atoms with van der Waals surface area (Å²) in [6, 6.07) is 19.7. The number of nitrogens with zero attached hydrogens (tertiary/aromatic N) is 1. The van der Waals surface area contributed by atoms with Crippen LogP contribution < -0.4 is 5.32 Å². The van der Waals surface area contributed by atoms with Crippen LogP contribution in [-0.2, 0) is 9.84 Å². The molecule has 0 aliphatic heterocycles. The number of H-pyrrole nitrogens is 1. The molecule has 0 spiro atoms. The summed E-state index contributed by atoms with van der Waals surface area (Å²) in [6.45, 7) is 1.71. The van der Waals surface area contributed by atoms with Crippen molar-refractivity contribution in [2.45, 2.75) is 17.9 Å². The number of aromatic nitrogens is 2. The summed E-state index contributed by atoms with van der Waals surface area (Å²) in [5.74, 6) is -0.349. The van der Waals surface area contributed by atoms with Crippen molar-refractivity contribution in [2.75, 3.05) is 6.26 Å². The molecule has 0 aliphatic rings. The number of hydrogen-bond donors (Lipinski definition) is 2. The fourth-order valence-corrected chi connectivity index (χ4v) is 4.49. The zero-order valence-corrected chi connectivity index (χ0v) is 17.4. The average Bonchev–Trinajstić information content (AvgIpc) is 3.20. The highest BCUT2D eigenvalue weighted by Gasteiger charge is 2.20. The van der Waals surface area contributed by atoms with Crippen molar-refractivity contribution in [1.82, 2.24) is 15.3 Å². The number of fused-ring (bicyclic) bond motifs is 1. The lowest BCUT2D eigenvalue weighted by Gasteiger charge is -2.20. The molecule has 1 heterocycles. The number of benzene rings is 3. The minimum Gasteiger partial charge on any atom is -0.345 e. The number of carbonyl (C=O) groups is 1. The Kier molecular flexibility index (Phi) is 5.13. The quantitative estimate of drug-likeness (QED) is 0.515. The Morgan fingerprint density at radius 1 is 1.00 bits per heavy atom. The Morgan fingerprint density at radius 3 is 2.50 bits per heavy atom. The molecule has 0 bridgehead atoms. The van der Waals surface area contributed by atoms with Crippen molar-refractivity contribution < 1.29 is 13.2 Å². The van der Waals surface area contributed by atoms with Gasteiger partial charge in [0.05, 0.1) is 28.3 Å². The van der Waals surface area contributed by atoms with Gasteiger partial charge < -0.3 is 10.3 Å². The van der Waals surface area contributed by atoms with Crippen molar-refractivity contribution in [2.24, 2.45) is 0 Å². The van der Waals surface area contributed by atoms with E-state index in [0.717, 1.165) is 28.4 Å². The lowest BCUT2D eigenvalue weighted by atomic mass is 9.97. The third kappa shape index (κ3) is 3.97. The van der Waals surface area contributed by atoms with E-state index in [2.05, 4.69) is 15.3 Å². The van der Waals surface area contributed by atoms with Crippen LogP contribution in [0.1, 0.15) is 33.1 Å². The minimum atomic E-state index is -3.43. The second kappa shape index (κ2) is 7.76. The second-order valence-electron chi connectivity index (χ2n) is 7.25. The fourth-order valence-electron chi connectivity index (χ4n) is 3.49. The number of amides is 1. The Bertz CT molecular complexity index is 1330. The summed E-state index contributed by atoms with van der Waals surface area (Å²) < 4.78 is 24.1. The maximum absolute atomic E-state index is 13.1. The first-order valence-corrected chi connectivity index (χ1v) is 11.3. The first kappa shape index (κ1) is 19.8. The van der Waals surface area contributed by atoms with Gasteiger partial charge in [0, 0.05) is 11.8 Å². The van der Waals surface area contributed by atoms with Crippen molar-refractivity contribution in [3.63, 3.8) is 0 Å².